The third-order valence-electron chi connectivity index (χ3n) is 2.99. The molecule has 1 heterocycles. The van der Waals surface area contributed by atoms with Crippen LogP contribution >= 0.6 is 0 Å². The van der Waals surface area contributed by atoms with Gasteiger partial charge < -0.3 is 19.5 Å². The van der Waals surface area contributed by atoms with Crippen molar-refractivity contribution in [3.63, 3.8) is 0 Å². The van der Waals surface area contributed by atoms with Crippen molar-refractivity contribution in [2.24, 2.45) is 0 Å². The Hall–Kier alpha value is -1.75. The van der Waals surface area contributed by atoms with E-state index in [1.165, 1.54) is 0 Å². The summed E-state index contributed by atoms with van der Waals surface area (Å²) in [6.45, 7) is 3.04. The zero-order valence-electron chi connectivity index (χ0n) is 10.8. The van der Waals surface area contributed by atoms with Gasteiger partial charge in [0.05, 0.1) is 33.5 Å². The lowest BCUT2D eigenvalue weighted by Crippen LogP contribution is -2.48. The smallest absolute Gasteiger partial charge is 0.251 e. The van der Waals surface area contributed by atoms with Crippen molar-refractivity contribution in [1.29, 1.82) is 0 Å². The first-order valence-electron chi connectivity index (χ1n) is 5.77. The number of methoxy groups -OCH3 is 2. The van der Waals surface area contributed by atoms with Gasteiger partial charge in [-0.25, -0.2) is 0 Å². The van der Waals surface area contributed by atoms with Crippen molar-refractivity contribution in [2.75, 3.05) is 27.4 Å². The third-order valence-corrected chi connectivity index (χ3v) is 2.99. The molecule has 2 rings (SSSR count). The van der Waals surface area contributed by atoms with Gasteiger partial charge in [0.25, 0.3) is 5.91 Å². The molecular formula is C13H17NO4. The van der Waals surface area contributed by atoms with Crippen LogP contribution in [0.4, 0.5) is 0 Å². The van der Waals surface area contributed by atoms with Crippen LogP contribution in [0, 0.1) is 6.92 Å². The zero-order valence-corrected chi connectivity index (χ0v) is 10.8. The van der Waals surface area contributed by atoms with Gasteiger partial charge in [0.1, 0.15) is 11.5 Å². The van der Waals surface area contributed by atoms with Crippen LogP contribution in [0.25, 0.3) is 0 Å². The second kappa shape index (κ2) is 5.27. The normalized spacial score (nSPS) is 14.8. The highest BCUT2D eigenvalue weighted by Crippen LogP contribution is 2.29. The number of rotatable bonds is 4. The number of amides is 1. The first kappa shape index (κ1) is 12.7. The molecule has 0 saturated carbocycles. The van der Waals surface area contributed by atoms with Gasteiger partial charge >= 0.3 is 0 Å². The monoisotopic (exact) mass is 251 g/mol. The van der Waals surface area contributed by atoms with E-state index in [0.29, 0.717) is 30.3 Å². The average Bonchev–Trinajstić information content (AvgIpc) is 2.33. The molecule has 0 radical (unpaired) electrons. The van der Waals surface area contributed by atoms with E-state index in [9.17, 15) is 4.79 Å². The van der Waals surface area contributed by atoms with Gasteiger partial charge in [0.2, 0.25) is 0 Å². The zero-order chi connectivity index (χ0) is 13.1. The van der Waals surface area contributed by atoms with E-state index in [0.717, 1.165) is 5.56 Å². The summed E-state index contributed by atoms with van der Waals surface area (Å²) in [5.74, 6) is 1.15. The van der Waals surface area contributed by atoms with E-state index in [-0.39, 0.29) is 11.9 Å². The standard InChI is InChI=1S/C13H17NO4/c1-8-11(16-2)4-9(5-12(8)17-3)13(15)14-10-6-18-7-10/h4-5,10H,6-7H2,1-3H3,(H,14,15). The summed E-state index contributed by atoms with van der Waals surface area (Å²) in [6.07, 6.45) is 0. The van der Waals surface area contributed by atoms with Gasteiger partial charge in [-0.05, 0) is 19.1 Å². The number of benzene rings is 1. The molecule has 1 aliphatic heterocycles. The molecule has 0 aliphatic carbocycles. The van der Waals surface area contributed by atoms with Crippen LogP contribution in [0.5, 0.6) is 11.5 Å². The van der Waals surface area contributed by atoms with Crippen LogP contribution in [0.2, 0.25) is 0 Å². The molecule has 5 heteroatoms. The van der Waals surface area contributed by atoms with E-state index < -0.39 is 0 Å². The number of ether oxygens (including phenoxy) is 3. The number of nitrogens with one attached hydrogen (secondary N) is 1. The SMILES string of the molecule is COc1cc(C(=O)NC2COC2)cc(OC)c1C. The van der Waals surface area contributed by atoms with Gasteiger partial charge in [0.15, 0.2) is 0 Å². The molecule has 0 spiro atoms. The summed E-state index contributed by atoms with van der Waals surface area (Å²) in [7, 11) is 3.15. The molecule has 1 amide bonds. The summed E-state index contributed by atoms with van der Waals surface area (Å²) in [5.41, 5.74) is 1.41. The van der Waals surface area contributed by atoms with Crippen molar-refractivity contribution >= 4 is 5.91 Å². The quantitative estimate of drug-likeness (QED) is 0.872. The molecule has 1 N–H and O–H groups in total. The van der Waals surface area contributed by atoms with Gasteiger partial charge in [0, 0.05) is 11.1 Å². The molecule has 1 aromatic rings. The van der Waals surface area contributed by atoms with E-state index in [1.807, 2.05) is 6.92 Å². The maximum atomic E-state index is 12.0. The maximum absolute atomic E-state index is 12.0. The second-order valence-electron chi connectivity index (χ2n) is 4.21. The fourth-order valence-corrected chi connectivity index (χ4v) is 1.80. The summed E-state index contributed by atoms with van der Waals surface area (Å²) < 4.78 is 15.5. The van der Waals surface area contributed by atoms with Crippen molar-refractivity contribution in [2.45, 2.75) is 13.0 Å². The van der Waals surface area contributed by atoms with Crippen LogP contribution < -0.4 is 14.8 Å². The van der Waals surface area contributed by atoms with E-state index >= 15 is 0 Å². The van der Waals surface area contributed by atoms with Crippen LogP contribution in [-0.4, -0.2) is 39.4 Å². The first-order chi connectivity index (χ1) is 8.65. The van der Waals surface area contributed by atoms with E-state index in [2.05, 4.69) is 5.32 Å². The topological polar surface area (TPSA) is 56.8 Å². The molecule has 5 nitrogen and oxygen atoms in total. The number of hydrogen-bond acceptors (Lipinski definition) is 4. The molecule has 0 atom stereocenters. The molecule has 1 aromatic carbocycles. The molecular weight excluding hydrogens is 234 g/mol. The fraction of sp³-hybridized carbons (Fsp3) is 0.462. The highest BCUT2D eigenvalue weighted by atomic mass is 16.5. The Morgan fingerprint density at radius 1 is 1.28 bits per heavy atom. The van der Waals surface area contributed by atoms with Gasteiger partial charge in [-0.2, -0.15) is 0 Å². The molecule has 0 bridgehead atoms. The fourth-order valence-electron chi connectivity index (χ4n) is 1.80. The van der Waals surface area contributed by atoms with Gasteiger partial charge in [-0.15, -0.1) is 0 Å². The molecule has 0 aromatic heterocycles. The Labute approximate surface area is 106 Å². The Morgan fingerprint density at radius 3 is 2.22 bits per heavy atom. The summed E-state index contributed by atoms with van der Waals surface area (Å²) in [5, 5.41) is 2.88. The molecule has 1 saturated heterocycles. The Morgan fingerprint density at radius 2 is 1.83 bits per heavy atom. The number of carbonyl (C=O) groups excluding carboxylic acids is 1. The number of carbonyl (C=O) groups is 1. The summed E-state index contributed by atoms with van der Waals surface area (Å²) in [6, 6.07) is 3.54. The van der Waals surface area contributed by atoms with Crippen molar-refractivity contribution in [1.82, 2.24) is 5.32 Å². The third kappa shape index (κ3) is 2.41. The Bertz CT molecular complexity index is 429. The summed E-state index contributed by atoms with van der Waals surface area (Å²) in [4.78, 5) is 12.0. The van der Waals surface area contributed by atoms with Crippen LogP contribution in [0.15, 0.2) is 12.1 Å². The second-order valence-corrected chi connectivity index (χ2v) is 4.21. The Kier molecular flexibility index (Phi) is 3.72. The molecule has 0 unspecified atom stereocenters. The molecule has 18 heavy (non-hydrogen) atoms. The summed E-state index contributed by atoms with van der Waals surface area (Å²) >= 11 is 0. The van der Waals surface area contributed by atoms with Crippen LogP contribution in [-0.2, 0) is 4.74 Å². The van der Waals surface area contributed by atoms with Crippen LogP contribution in [0.3, 0.4) is 0 Å². The van der Waals surface area contributed by atoms with Crippen LogP contribution in [0.1, 0.15) is 15.9 Å². The Balaban J connectivity index is 2.23. The lowest BCUT2D eigenvalue weighted by atomic mass is 10.1. The predicted molar refractivity (Wildman–Crippen MR) is 66.4 cm³/mol. The minimum atomic E-state index is -0.139. The number of hydrogen-bond donors (Lipinski definition) is 1. The van der Waals surface area contributed by atoms with E-state index in [4.69, 9.17) is 14.2 Å². The van der Waals surface area contributed by atoms with Gasteiger partial charge in [-0.1, -0.05) is 0 Å². The molecule has 98 valence electrons. The lowest BCUT2D eigenvalue weighted by molar-refractivity contribution is -0.00347. The molecule has 1 aliphatic rings. The van der Waals surface area contributed by atoms with Crippen molar-refractivity contribution in [3.8, 4) is 11.5 Å². The van der Waals surface area contributed by atoms with Gasteiger partial charge in [-0.3, -0.25) is 4.79 Å². The lowest BCUT2D eigenvalue weighted by Gasteiger charge is -2.27. The molecule has 1 fully saturated rings. The van der Waals surface area contributed by atoms with Crippen molar-refractivity contribution < 1.29 is 19.0 Å². The van der Waals surface area contributed by atoms with E-state index in [1.54, 1.807) is 26.4 Å². The average molecular weight is 251 g/mol. The maximum Gasteiger partial charge on any atom is 0.251 e. The first-order valence-corrected chi connectivity index (χ1v) is 5.77. The minimum Gasteiger partial charge on any atom is -0.496 e. The largest absolute Gasteiger partial charge is 0.496 e. The highest BCUT2D eigenvalue weighted by Gasteiger charge is 2.22. The predicted octanol–water partition coefficient (Wildman–Crippen LogP) is 1.14. The minimum absolute atomic E-state index is 0.107. The van der Waals surface area contributed by atoms with Crippen molar-refractivity contribution in [3.05, 3.63) is 23.3 Å². The highest BCUT2D eigenvalue weighted by molar-refractivity contribution is 5.95.